The third-order valence-corrected chi connectivity index (χ3v) is 12.5. The Morgan fingerprint density at radius 3 is 1.32 bits per heavy atom. The summed E-state index contributed by atoms with van der Waals surface area (Å²) in [6, 6.07) is 9.41. The van der Waals surface area contributed by atoms with E-state index in [0.29, 0.717) is 24.0 Å². The first-order chi connectivity index (χ1) is 36.7. The zero-order valence-electron chi connectivity index (χ0n) is 45.0. The van der Waals surface area contributed by atoms with Crippen LogP contribution in [0.3, 0.4) is 0 Å². The van der Waals surface area contributed by atoms with Crippen molar-refractivity contribution in [1.82, 2.24) is 0 Å². The van der Waals surface area contributed by atoms with E-state index in [9.17, 15) is 64.5 Å². The number of cyclic esters (lactones) is 3. The van der Waals surface area contributed by atoms with Crippen molar-refractivity contribution < 1.29 is 88.2 Å². The Bertz CT molecular complexity index is 2760. The average molecular weight is 1080 g/mol. The lowest BCUT2D eigenvalue weighted by molar-refractivity contribution is -0.152. The van der Waals surface area contributed by atoms with E-state index in [1.807, 2.05) is 58.9 Å². The van der Waals surface area contributed by atoms with E-state index < -0.39 is 77.8 Å². The SMILES string of the molecule is C[C@H]1C/C=C\C(=O)C(O)[C@@H](O)C/C=C/c2cc(O)cc(O)c2C(=O)O1.Cc1cc(C)c2c(c1)/C=C/C[C@@H]1OC(C)(C)OC1C(=O)/C=C\C[C@H](C)OC2=O.Cc1cc(O)c2c(c1)/C=C/C[C@H](O)C(O)C(=O)/C=C\C[C@H](C)OC2=O. The molecule has 4 aliphatic heterocycles. The van der Waals surface area contributed by atoms with E-state index in [1.54, 1.807) is 39.0 Å². The second-order valence-electron chi connectivity index (χ2n) is 20.0. The molecule has 3 unspecified atom stereocenters. The summed E-state index contributed by atoms with van der Waals surface area (Å²) in [5.74, 6) is -4.85. The van der Waals surface area contributed by atoms with Crippen molar-refractivity contribution >= 4 is 53.5 Å². The first-order valence-electron chi connectivity index (χ1n) is 25.6. The first kappa shape index (κ1) is 61.5. The minimum atomic E-state index is -1.57. The van der Waals surface area contributed by atoms with Crippen LogP contribution >= 0.6 is 0 Å². The van der Waals surface area contributed by atoms with Crippen molar-refractivity contribution in [3.05, 3.63) is 141 Å². The van der Waals surface area contributed by atoms with E-state index in [2.05, 4.69) is 0 Å². The summed E-state index contributed by atoms with van der Waals surface area (Å²) in [6.45, 7) is 14.4. The number of benzene rings is 3. The molecule has 1 saturated heterocycles. The standard InChI is InChI=1S/C23H28O5.C19H22O6.C18H20O7/c1-14-12-15(2)20-17(13-14)9-7-11-19-21(28-23(4,5)27-19)18(24)10-6-8-16(3)26-22(20)25;1-11-9-13-6-4-8-15(21)18(23)14(20)7-3-5-12(2)25-19(24)17(13)16(22)10-11;1-10-4-2-6-13(20)17(23)14(21)7-3-5-11-8-12(19)9-15(22)16(11)18(24)25-10/h6-7,9-10,12-13,16,19,21H,8,11H2,1-5H3;3-4,6-7,9-10,12,15,18,21-23H,5,8H2,1-2H3;2-3,5-6,8-10,14,17,19,21-23H,4,7H2,1H3/b9-7+,10-6-;6-4+,7-3-;5-3+,6-2-/t16-,19-,21?;12-,15-,18?;10-,14-,17?/m000/s1. The number of hydrogen-bond acceptors (Lipinski definition) is 18. The van der Waals surface area contributed by atoms with E-state index >= 15 is 0 Å². The number of aryl methyl sites for hydroxylation is 3. The van der Waals surface area contributed by atoms with Gasteiger partial charge in [-0.2, -0.15) is 0 Å². The minimum Gasteiger partial charge on any atom is -0.508 e. The van der Waals surface area contributed by atoms with Crippen LogP contribution in [0.4, 0.5) is 0 Å². The molecule has 0 aromatic heterocycles. The van der Waals surface area contributed by atoms with Crippen molar-refractivity contribution in [2.45, 2.75) is 155 Å². The minimum absolute atomic E-state index is 0.0142. The third-order valence-electron chi connectivity index (χ3n) is 12.5. The normalized spacial score (nSPS) is 28.5. The monoisotopic (exact) mass is 1080 g/mol. The molecule has 0 aliphatic carbocycles. The summed E-state index contributed by atoms with van der Waals surface area (Å²) >= 11 is 0. The van der Waals surface area contributed by atoms with Crippen molar-refractivity contribution in [1.29, 1.82) is 0 Å². The van der Waals surface area contributed by atoms with Gasteiger partial charge in [0.2, 0.25) is 0 Å². The Morgan fingerprint density at radius 1 is 0.449 bits per heavy atom. The fourth-order valence-electron chi connectivity index (χ4n) is 8.72. The molecule has 0 saturated carbocycles. The Kier molecular flexibility index (Phi) is 22.0. The number of hydrogen-bond donors (Lipinski definition) is 7. The van der Waals surface area contributed by atoms with E-state index in [0.717, 1.165) is 34.4 Å². The van der Waals surface area contributed by atoms with Crippen LogP contribution in [0.15, 0.2) is 91.1 Å². The van der Waals surface area contributed by atoms with Gasteiger partial charge in [0, 0.05) is 25.3 Å². The van der Waals surface area contributed by atoms with Gasteiger partial charge in [-0.25, -0.2) is 14.4 Å². The third kappa shape index (κ3) is 17.3. The van der Waals surface area contributed by atoms with Crippen LogP contribution in [0.5, 0.6) is 17.2 Å². The van der Waals surface area contributed by atoms with Crippen LogP contribution in [-0.4, -0.2) is 132 Å². The van der Waals surface area contributed by atoms with Gasteiger partial charge in [-0.1, -0.05) is 78.4 Å². The Labute approximate surface area is 453 Å². The van der Waals surface area contributed by atoms with E-state index in [4.69, 9.17) is 23.7 Å². The van der Waals surface area contributed by atoms with Crippen LogP contribution in [0, 0.1) is 20.8 Å². The number of aliphatic hydroxyl groups is 4. The molecule has 18 nitrogen and oxygen atoms in total. The van der Waals surface area contributed by atoms with Gasteiger partial charge in [-0.05, 0) is 133 Å². The van der Waals surface area contributed by atoms with Crippen LogP contribution < -0.4 is 0 Å². The number of carbonyl (C=O) groups excluding carboxylic acids is 6. The summed E-state index contributed by atoms with van der Waals surface area (Å²) in [4.78, 5) is 73.6. The van der Waals surface area contributed by atoms with E-state index in [1.165, 1.54) is 54.7 Å². The van der Waals surface area contributed by atoms with Gasteiger partial charge in [-0.3, -0.25) is 14.4 Å². The van der Waals surface area contributed by atoms with Gasteiger partial charge in [-0.15, -0.1) is 0 Å². The quantitative estimate of drug-likeness (QED) is 0.0847. The number of rotatable bonds is 0. The Morgan fingerprint density at radius 2 is 0.833 bits per heavy atom. The number of ether oxygens (including phenoxy) is 5. The van der Waals surface area contributed by atoms with Gasteiger partial charge in [0.25, 0.3) is 0 Å². The lowest BCUT2D eigenvalue weighted by atomic mass is 9.97. The van der Waals surface area contributed by atoms with Gasteiger partial charge in [0.15, 0.2) is 23.1 Å². The summed E-state index contributed by atoms with van der Waals surface area (Å²) in [5, 5.41) is 69.2. The number of aliphatic hydroxyl groups excluding tert-OH is 4. The maximum atomic E-state index is 12.8. The van der Waals surface area contributed by atoms with Gasteiger partial charge in [0.1, 0.15) is 65.0 Å². The zero-order valence-corrected chi connectivity index (χ0v) is 45.0. The van der Waals surface area contributed by atoms with Crippen molar-refractivity contribution in [2.24, 2.45) is 0 Å². The number of aromatic hydroxyl groups is 3. The number of ketones is 3. The predicted molar refractivity (Wildman–Crippen MR) is 288 cm³/mol. The molecule has 0 bridgehead atoms. The number of phenolic OH excluding ortho intramolecular Hbond substituents is 3. The maximum absolute atomic E-state index is 12.8. The van der Waals surface area contributed by atoms with Crippen molar-refractivity contribution in [2.75, 3.05) is 0 Å². The molecular formula is C60H70O18. The smallest absolute Gasteiger partial charge is 0.342 e. The number of esters is 3. The molecule has 3 aromatic carbocycles. The molecule has 4 aliphatic rings. The van der Waals surface area contributed by atoms with Crippen LogP contribution in [0.25, 0.3) is 18.2 Å². The predicted octanol–water partition coefficient (Wildman–Crippen LogP) is 7.50. The Balaban J connectivity index is 0.000000216. The van der Waals surface area contributed by atoms with Crippen molar-refractivity contribution in [3.63, 3.8) is 0 Å². The fraction of sp³-hybridized carbons (Fsp3) is 0.400. The summed E-state index contributed by atoms with van der Waals surface area (Å²) < 4.78 is 27.9. The second kappa shape index (κ2) is 27.8. The maximum Gasteiger partial charge on any atom is 0.342 e. The molecule has 1 fully saturated rings. The molecule has 0 amide bonds. The highest BCUT2D eigenvalue weighted by Gasteiger charge is 2.43. The molecule has 0 spiro atoms. The molecule has 0 radical (unpaired) electrons. The second-order valence-corrected chi connectivity index (χ2v) is 20.0. The molecule has 3 aromatic rings. The molecular weight excluding hydrogens is 1010 g/mol. The van der Waals surface area contributed by atoms with Crippen LogP contribution in [0.2, 0.25) is 0 Å². The first-order valence-corrected chi connectivity index (χ1v) is 25.6. The summed E-state index contributed by atoms with van der Waals surface area (Å²) in [5.41, 5.74) is 4.64. The molecule has 7 rings (SSSR count). The Hall–Kier alpha value is -7.32. The molecule has 9 atom stereocenters. The highest BCUT2D eigenvalue weighted by molar-refractivity contribution is 5.99. The van der Waals surface area contributed by atoms with Gasteiger partial charge in [0.05, 0.1) is 23.9 Å². The van der Waals surface area contributed by atoms with Crippen molar-refractivity contribution in [3.8, 4) is 17.2 Å². The highest BCUT2D eigenvalue weighted by atomic mass is 16.8. The topological polar surface area (TPSA) is 290 Å². The molecule has 7 N–H and O–H groups in total. The van der Waals surface area contributed by atoms with Crippen LogP contribution in [-0.2, 0) is 38.1 Å². The zero-order chi connectivity index (χ0) is 57.6. The molecule has 4 heterocycles. The molecule has 418 valence electrons. The van der Waals surface area contributed by atoms with Crippen LogP contribution in [0.1, 0.15) is 138 Å². The summed E-state index contributed by atoms with van der Waals surface area (Å²) in [7, 11) is 0. The average Bonchev–Trinajstić information content (AvgIpc) is 3.65. The highest BCUT2D eigenvalue weighted by Crippen LogP contribution is 2.33. The molecule has 78 heavy (non-hydrogen) atoms. The number of phenols is 3. The van der Waals surface area contributed by atoms with E-state index in [-0.39, 0.29) is 77.8 Å². The summed E-state index contributed by atoms with van der Waals surface area (Å²) in [6.07, 6.45) is 11.4. The van der Waals surface area contributed by atoms with Gasteiger partial charge < -0.3 is 59.4 Å². The van der Waals surface area contributed by atoms with Gasteiger partial charge >= 0.3 is 17.9 Å². The largest absolute Gasteiger partial charge is 0.508 e. The fourth-order valence-corrected chi connectivity index (χ4v) is 8.72. The molecule has 18 heteroatoms. The lowest BCUT2D eigenvalue weighted by Gasteiger charge is -2.16. The number of fused-ring (bicyclic) bond motifs is 4. The lowest BCUT2D eigenvalue weighted by Crippen LogP contribution is -2.32. The number of carbonyl (C=O) groups is 6.